The summed E-state index contributed by atoms with van der Waals surface area (Å²) in [5.74, 6) is -0.800. The first-order chi connectivity index (χ1) is 8.16. The fourth-order valence-electron chi connectivity index (χ4n) is 1.49. The van der Waals surface area contributed by atoms with Crippen LogP contribution in [0.15, 0.2) is 18.2 Å². The van der Waals surface area contributed by atoms with Crippen LogP contribution in [0.4, 0.5) is 4.39 Å². The molecule has 0 radical (unpaired) electrons. The summed E-state index contributed by atoms with van der Waals surface area (Å²) in [7, 11) is 1.64. The maximum atomic E-state index is 13.6. The normalized spacial score (nSPS) is 10.3. The summed E-state index contributed by atoms with van der Waals surface area (Å²) >= 11 is 0. The van der Waals surface area contributed by atoms with Gasteiger partial charge in [0.25, 0.3) is 5.91 Å². The molecule has 0 aliphatic heterocycles. The van der Waals surface area contributed by atoms with Gasteiger partial charge in [-0.3, -0.25) is 4.79 Å². The molecule has 0 spiro atoms. The average molecular weight is 239 g/mol. The Morgan fingerprint density at radius 1 is 1.41 bits per heavy atom. The van der Waals surface area contributed by atoms with Crippen molar-refractivity contribution in [2.24, 2.45) is 0 Å². The van der Waals surface area contributed by atoms with Gasteiger partial charge in [0.2, 0.25) is 0 Å². The molecule has 0 aromatic heterocycles. The van der Waals surface area contributed by atoms with Crippen LogP contribution in [0.3, 0.4) is 0 Å². The highest BCUT2D eigenvalue weighted by molar-refractivity contribution is 5.94. The summed E-state index contributed by atoms with van der Waals surface area (Å²) in [4.78, 5) is 11.7. The summed E-state index contributed by atoms with van der Waals surface area (Å²) in [6, 6.07) is 4.82. The monoisotopic (exact) mass is 239 g/mol. The van der Waals surface area contributed by atoms with Crippen molar-refractivity contribution in [2.45, 2.75) is 19.8 Å². The summed E-state index contributed by atoms with van der Waals surface area (Å²) in [6.45, 7) is 2.86. The number of aryl methyl sites for hydroxylation is 1. The van der Waals surface area contributed by atoms with Crippen LogP contribution >= 0.6 is 0 Å². The lowest BCUT2D eigenvalue weighted by atomic mass is 10.1. The van der Waals surface area contributed by atoms with Gasteiger partial charge in [-0.15, -0.1) is 0 Å². The first-order valence-corrected chi connectivity index (χ1v) is 5.69. The van der Waals surface area contributed by atoms with E-state index in [0.717, 1.165) is 12.8 Å². The predicted molar refractivity (Wildman–Crippen MR) is 64.6 cm³/mol. The number of rotatable bonds is 6. The van der Waals surface area contributed by atoms with Crippen molar-refractivity contribution in [3.8, 4) is 0 Å². The van der Waals surface area contributed by atoms with Gasteiger partial charge >= 0.3 is 0 Å². The lowest BCUT2D eigenvalue weighted by molar-refractivity contribution is 0.0947. The first kappa shape index (κ1) is 13.6. The van der Waals surface area contributed by atoms with E-state index in [1.54, 1.807) is 26.2 Å². The minimum absolute atomic E-state index is 0.108. The highest BCUT2D eigenvalue weighted by atomic mass is 19.1. The molecule has 3 nitrogen and oxygen atoms in total. The number of halogens is 1. The van der Waals surface area contributed by atoms with Crippen molar-refractivity contribution < 1.29 is 13.9 Å². The van der Waals surface area contributed by atoms with Crippen LogP contribution in [0.25, 0.3) is 0 Å². The van der Waals surface area contributed by atoms with Gasteiger partial charge in [-0.05, 0) is 31.4 Å². The van der Waals surface area contributed by atoms with Crippen molar-refractivity contribution in [3.63, 3.8) is 0 Å². The van der Waals surface area contributed by atoms with Gasteiger partial charge in [0.15, 0.2) is 0 Å². The van der Waals surface area contributed by atoms with Gasteiger partial charge in [-0.1, -0.05) is 12.1 Å². The van der Waals surface area contributed by atoms with Crippen molar-refractivity contribution in [2.75, 3.05) is 20.3 Å². The molecular formula is C13H18FNO2. The zero-order chi connectivity index (χ0) is 12.7. The van der Waals surface area contributed by atoms with Crippen molar-refractivity contribution in [1.82, 2.24) is 5.32 Å². The highest BCUT2D eigenvalue weighted by Crippen LogP contribution is 2.11. The molecule has 1 amide bonds. The SMILES string of the molecule is COCCCCNC(=O)c1cccc(C)c1F. The molecule has 1 aromatic carbocycles. The van der Waals surface area contributed by atoms with E-state index in [4.69, 9.17) is 4.74 Å². The molecule has 0 fully saturated rings. The fraction of sp³-hybridized carbons (Fsp3) is 0.462. The molecule has 1 aromatic rings. The van der Waals surface area contributed by atoms with Crippen LogP contribution in [-0.4, -0.2) is 26.2 Å². The Hall–Kier alpha value is -1.42. The molecule has 0 atom stereocenters. The highest BCUT2D eigenvalue weighted by Gasteiger charge is 2.11. The summed E-state index contributed by atoms with van der Waals surface area (Å²) in [5, 5.41) is 2.69. The number of hydrogen-bond donors (Lipinski definition) is 1. The van der Waals surface area contributed by atoms with Crippen LogP contribution in [-0.2, 0) is 4.74 Å². The Kier molecular flexibility index (Phi) is 5.63. The minimum atomic E-state index is -0.443. The second-order valence-electron chi connectivity index (χ2n) is 3.89. The van der Waals surface area contributed by atoms with Gasteiger partial charge in [0.05, 0.1) is 5.56 Å². The van der Waals surface area contributed by atoms with E-state index >= 15 is 0 Å². The van der Waals surface area contributed by atoms with E-state index in [1.807, 2.05) is 0 Å². The van der Waals surface area contributed by atoms with E-state index in [0.29, 0.717) is 18.7 Å². The number of methoxy groups -OCH3 is 1. The second kappa shape index (κ2) is 7.01. The van der Waals surface area contributed by atoms with Crippen LogP contribution < -0.4 is 5.32 Å². The van der Waals surface area contributed by atoms with E-state index in [9.17, 15) is 9.18 Å². The first-order valence-electron chi connectivity index (χ1n) is 5.69. The number of nitrogens with one attached hydrogen (secondary N) is 1. The number of ether oxygens (including phenoxy) is 1. The van der Waals surface area contributed by atoms with Crippen LogP contribution in [0.2, 0.25) is 0 Å². The maximum absolute atomic E-state index is 13.6. The van der Waals surface area contributed by atoms with Crippen molar-refractivity contribution in [3.05, 3.63) is 35.1 Å². The molecule has 17 heavy (non-hydrogen) atoms. The van der Waals surface area contributed by atoms with Crippen LogP contribution in [0.5, 0.6) is 0 Å². The molecule has 0 unspecified atom stereocenters. The molecule has 1 N–H and O–H groups in total. The Bertz CT molecular complexity index is 380. The fourth-order valence-corrected chi connectivity index (χ4v) is 1.49. The maximum Gasteiger partial charge on any atom is 0.254 e. The van der Waals surface area contributed by atoms with E-state index < -0.39 is 5.82 Å². The zero-order valence-corrected chi connectivity index (χ0v) is 10.3. The third-order valence-electron chi connectivity index (χ3n) is 2.50. The van der Waals surface area contributed by atoms with Crippen molar-refractivity contribution in [1.29, 1.82) is 0 Å². The van der Waals surface area contributed by atoms with Crippen LogP contribution in [0.1, 0.15) is 28.8 Å². The Balaban J connectivity index is 2.44. The summed E-state index contributed by atoms with van der Waals surface area (Å²) in [6.07, 6.45) is 1.71. The summed E-state index contributed by atoms with van der Waals surface area (Å²) < 4.78 is 18.5. The molecule has 0 aliphatic rings. The zero-order valence-electron chi connectivity index (χ0n) is 10.3. The smallest absolute Gasteiger partial charge is 0.254 e. The molecule has 0 aliphatic carbocycles. The molecule has 0 saturated heterocycles. The topological polar surface area (TPSA) is 38.3 Å². The number of hydrogen-bond acceptors (Lipinski definition) is 2. The van der Waals surface area contributed by atoms with Crippen molar-refractivity contribution >= 4 is 5.91 Å². The Labute approximate surface area is 101 Å². The minimum Gasteiger partial charge on any atom is -0.385 e. The number of carbonyl (C=O) groups excluding carboxylic acids is 1. The van der Waals surface area contributed by atoms with Crippen LogP contribution in [0, 0.1) is 12.7 Å². The van der Waals surface area contributed by atoms with Gasteiger partial charge < -0.3 is 10.1 Å². The Morgan fingerprint density at radius 2 is 2.18 bits per heavy atom. The average Bonchev–Trinajstić information content (AvgIpc) is 2.32. The second-order valence-corrected chi connectivity index (χ2v) is 3.89. The molecule has 0 bridgehead atoms. The molecule has 0 heterocycles. The Morgan fingerprint density at radius 3 is 2.88 bits per heavy atom. The predicted octanol–water partition coefficient (Wildman–Crippen LogP) is 2.29. The van der Waals surface area contributed by atoms with Gasteiger partial charge in [0.1, 0.15) is 5.82 Å². The number of unbranched alkanes of at least 4 members (excludes halogenated alkanes) is 1. The van der Waals surface area contributed by atoms with E-state index in [1.165, 1.54) is 6.07 Å². The third-order valence-corrected chi connectivity index (χ3v) is 2.50. The lowest BCUT2D eigenvalue weighted by Crippen LogP contribution is -2.25. The third kappa shape index (κ3) is 4.15. The molecule has 1 rings (SSSR count). The number of benzene rings is 1. The molecule has 0 saturated carbocycles. The molecule has 94 valence electrons. The number of carbonyl (C=O) groups is 1. The lowest BCUT2D eigenvalue weighted by Gasteiger charge is -2.07. The standard InChI is InChI=1S/C13H18FNO2/c1-10-6-5-7-11(12(10)14)13(16)15-8-3-4-9-17-2/h5-7H,3-4,8-9H2,1-2H3,(H,15,16). The largest absolute Gasteiger partial charge is 0.385 e. The van der Waals surface area contributed by atoms with Gasteiger partial charge in [0, 0.05) is 20.3 Å². The van der Waals surface area contributed by atoms with Gasteiger partial charge in [-0.2, -0.15) is 0 Å². The quantitative estimate of drug-likeness (QED) is 0.773. The van der Waals surface area contributed by atoms with E-state index in [-0.39, 0.29) is 11.5 Å². The molecule has 4 heteroatoms. The van der Waals surface area contributed by atoms with E-state index in [2.05, 4.69) is 5.32 Å². The number of amides is 1. The molecular weight excluding hydrogens is 221 g/mol. The summed E-state index contributed by atoms with van der Waals surface area (Å²) in [5.41, 5.74) is 0.591. The van der Waals surface area contributed by atoms with Gasteiger partial charge in [-0.25, -0.2) is 4.39 Å².